The first-order valence-electron chi connectivity index (χ1n) is 3.90. The number of rotatable bonds is 1. The maximum Gasteiger partial charge on any atom is 0.139 e. The Morgan fingerprint density at radius 1 is 1.54 bits per heavy atom. The van der Waals surface area contributed by atoms with Gasteiger partial charge in [0, 0.05) is 12.6 Å². The average Bonchev–Trinajstić information content (AvgIpc) is 2.48. The summed E-state index contributed by atoms with van der Waals surface area (Å²) in [6, 6.07) is 3.06. The summed E-state index contributed by atoms with van der Waals surface area (Å²) in [7, 11) is 0. The predicted octanol–water partition coefficient (Wildman–Crippen LogP) is 2.35. The Kier molecular flexibility index (Phi) is 2.03. The van der Waals surface area contributed by atoms with Crippen molar-refractivity contribution >= 4 is 27.0 Å². The number of fused-ring (bicyclic) bond motifs is 1. The molecule has 68 valence electrons. The van der Waals surface area contributed by atoms with E-state index < -0.39 is 0 Å². The van der Waals surface area contributed by atoms with Gasteiger partial charge in [-0.05, 0) is 28.9 Å². The summed E-state index contributed by atoms with van der Waals surface area (Å²) in [6.45, 7) is 2.69. The number of hydrogen-bond donors (Lipinski definition) is 0. The van der Waals surface area contributed by atoms with E-state index in [9.17, 15) is 4.39 Å². The lowest BCUT2D eigenvalue weighted by Gasteiger charge is -1.97. The zero-order valence-corrected chi connectivity index (χ0v) is 8.55. The molecule has 2 rings (SSSR count). The van der Waals surface area contributed by atoms with E-state index in [0.29, 0.717) is 9.99 Å². The fourth-order valence-corrected chi connectivity index (χ4v) is 1.53. The molecule has 13 heavy (non-hydrogen) atoms. The lowest BCUT2D eigenvalue weighted by Crippen LogP contribution is -1.95. The Bertz CT molecular complexity index is 452. The van der Waals surface area contributed by atoms with Crippen molar-refractivity contribution in [1.29, 1.82) is 0 Å². The van der Waals surface area contributed by atoms with Crippen molar-refractivity contribution in [1.82, 2.24) is 15.0 Å². The summed E-state index contributed by atoms with van der Waals surface area (Å²) in [5, 5.41) is 7.72. The standard InChI is InChI=1S/C8H7BrFN3/c1-2-13-8-3-5(9)6(10)4-7(8)11-12-13/h3-4H,2H2,1H3. The molecule has 3 nitrogen and oxygen atoms in total. The maximum absolute atomic E-state index is 13.0. The van der Waals surface area contributed by atoms with E-state index in [-0.39, 0.29) is 5.82 Å². The van der Waals surface area contributed by atoms with Crippen LogP contribution in [0.15, 0.2) is 16.6 Å². The average molecular weight is 244 g/mol. The van der Waals surface area contributed by atoms with Gasteiger partial charge in [-0.15, -0.1) is 5.10 Å². The van der Waals surface area contributed by atoms with E-state index in [4.69, 9.17) is 0 Å². The third-order valence-corrected chi connectivity index (χ3v) is 2.46. The van der Waals surface area contributed by atoms with E-state index in [1.54, 1.807) is 10.7 Å². The Morgan fingerprint density at radius 2 is 2.31 bits per heavy atom. The van der Waals surface area contributed by atoms with Crippen LogP contribution >= 0.6 is 15.9 Å². The van der Waals surface area contributed by atoms with Gasteiger partial charge >= 0.3 is 0 Å². The molecule has 1 heterocycles. The maximum atomic E-state index is 13.0. The first kappa shape index (κ1) is 8.62. The second-order valence-electron chi connectivity index (χ2n) is 2.66. The minimum atomic E-state index is -0.310. The van der Waals surface area contributed by atoms with Gasteiger partial charge in [0.1, 0.15) is 11.3 Å². The van der Waals surface area contributed by atoms with Gasteiger partial charge in [-0.2, -0.15) is 0 Å². The number of hydrogen-bond acceptors (Lipinski definition) is 2. The molecule has 0 aliphatic heterocycles. The molecule has 1 aromatic carbocycles. The van der Waals surface area contributed by atoms with Crippen molar-refractivity contribution in [3.05, 3.63) is 22.4 Å². The van der Waals surface area contributed by atoms with E-state index in [1.807, 2.05) is 6.92 Å². The van der Waals surface area contributed by atoms with Gasteiger partial charge in [-0.25, -0.2) is 9.07 Å². The molecule has 0 unspecified atom stereocenters. The lowest BCUT2D eigenvalue weighted by molar-refractivity contribution is 0.622. The molecule has 0 saturated heterocycles. The highest BCUT2D eigenvalue weighted by atomic mass is 79.9. The normalized spacial score (nSPS) is 11.0. The second kappa shape index (κ2) is 3.06. The Labute approximate surface area is 82.7 Å². The summed E-state index contributed by atoms with van der Waals surface area (Å²) in [5.74, 6) is -0.310. The van der Waals surface area contributed by atoms with Crippen LogP contribution in [0, 0.1) is 5.82 Å². The van der Waals surface area contributed by atoms with Crippen molar-refractivity contribution in [2.75, 3.05) is 0 Å². The van der Waals surface area contributed by atoms with Gasteiger partial charge in [0.2, 0.25) is 0 Å². The summed E-state index contributed by atoms with van der Waals surface area (Å²) >= 11 is 3.12. The van der Waals surface area contributed by atoms with Crippen LogP contribution < -0.4 is 0 Å². The number of benzene rings is 1. The number of halogens is 2. The van der Waals surface area contributed by atoms with Gasteiger partial charge in [0.25, 0.3) is 0 Å². The van der Waals surface area contributed by atoms with Crippen LogP contribution in [0.5, 0.6) is 0 Å². The second-order valence-corrected chi connectivity index (χ2v) is 3.51. The summed E-state index contributed by atoms with van der Waals surface area (Å²) < 4.78 is 15.2. The molecule has 0 radical (unpaired) electrons. The minimum absolute atomic E-state index is 0.310. The van der Waals surface area contributed by atoms with Crippen LogP contribution in [0.3, 0.4) is 0 Å². The molecule has 5 heteroatoms. The molecule has 0 bridgehead atoms. The van der Waals surface area contributed by atoms with Crippen LogP contribution in [-0.4, -0.2) is 15.0 Å². The van der Waals surface area contributed by atoms with Crippen molar-refractivity contribution in [2.24, 2.45) is 0 Å². The molecule has 0 N–H and O–H groups in total. The number of nitrogens with zero attached hydrogens (tertiary/aromatic N) is 3. The van der Waals surface area contributed by atoms with Crippen LogP contribution in [0.2, 0.25) is 0 Å². The number of aromatic nitrogens is 3. The minimum Gasteiger partial charge on any atom is -0.245 e. The molecule has 0 atom stereocenters. The Balaban J connectivity index is 2.77. The lowest BCUT2D eigenvalue weighted by atomic mass is 10.3. The van der Waals surface area contributed by atoms with Crippen LogP contribution in [0.1, 0.15) is 6.92 Å². The van der Waals surface area contributed by atoms with Crippen molar-refractivity contribution in [2.45, 2.75) is 13.5 Å². The molecule has 2 aromatic rings. The van der Waals surface area contributed by atoms with Crippen molar-refractivity contribution < 1.29 is 4.39 Å². The zero-order chi connectivity index (χ0) is 9.42. The molecular weight excluding hydrogens is 237 g/mol. The fourth-order valence-electron chi connectivity index (χ4n) is 1.20. The van der Waals surface area contributed by atoms with Gasteiger partial charge in [0.05, 0.1) is 9.99 Å². The molecule has 0 amide bonds. The first-order chi connectivity index (χ1) is 6.22. The SMILES string of the molecule is CCn1nnc2cc(F)c(Br)cc21. The molecular formula is C8H7BrFN3. The first-order valence-corrected chi connectivity index (χ1v) is 4.70. The van der Waals surface area contributed by atoms with Crippen molar-refractivity contribution in [3.63, 3.8) is 0 Å². The van der Waals surface area contributed by atoms with E-state index in [2.05, 4.69) is 26.2 Å². The Hall–Kier alpha value is -0.970. The fraction of sp³-hybridized carbons (Fsp3) is 0.250. The van der Waals surface area contributed by atoms with Crippen LogP contribution in [-0.2, 0) is 6.54 Å². The van der Waals surface area contributed by atoms with E-state index in [1.165, 1.54) is 6.07 Å². The highest BCUT2D eigenvalue weighted by molar-refractivity contribution is 9.10. The Morgan fingerprint density at radius 3 is 3.00 bits per heavy atom. The molecule has 0 fully saturated rings. The van der Waals surface area contributed by atoms with Crippen LogP contribution in [0.4, 0.5) is 4.39 Å². The molecule has 0 spiro atoms. The third-order valence-electron chi connectivity index (χ3n) is 1.86. The highest BCUT2D eigenvalue weighted by Gasteiger charge is 2.07. The van der Waals surface area contributed by atoms with Gasteiger partial charge in [-0.1, -0.05) is 5.21 Å². The quantitative estimate of drug-likeness (QED) is 0.770. The zero-order valence-electron chi connectivity index (χ0n) is 6.96. The van der Waals surface area contributed by atoms with Gasteiger partial charge in [0.15, 0.2) is 0 Å². The van der Waals surface area contributed by atoms with Gasteiger partial charge < -0.3 is 0 Å². The summed E-state index contributed by atoms with van der Waals surface area (Å²) in [6.07, 6.45) is 0. The topological polar surface area (TPSA) is 30.7 Å². The van der Waals surface area contributed by atoms with Crippen LogP contribution in [0.25, 0.3) is 11.0 Å². The van der Waals surface area contributed by atoms with E-state index in [0.717, 1.165) is 12.1 Å². The molecule has 0 aliphatic carbocycles. The molecule has 0 aliphatic rings. The van der Waals surface area contributed by atoms with E-state index >= 15 is 0 Å². The van der Waals surface area contributed by atoms with Gasteiger partial charge in [-0.3, -0.25) is 0 Å². The summed E-state index contributed by atoms with van der Waals surface area (Å²) in [4.78, 5) is 0. The van der Waals surface area contributed by atoms with Crippen molar-refractivity contribution in [3.8, 4) is 0 Å². The predicted molar refractivity (Wildman–Crippen MR) is 50.9 cm³/mol. The highest BCUT2D eigenvalue weighted by Crippen LogP contribution is 2.21. The smallest absolute Gasteiger partial charge is 0.139 e. The molecule has 1 aromatic heterocycles. The largest absolute Gasteiger partial charge is 0.245 e. The molecule has 0 saturated carbocycles. The monoisotopic (exact) mass is 243 g/mol. The third kappa shape index (κ3) is 1.33. The summed E-state index contributed by atoms with van der Waals surface area (Å²) in [5.41, 5.74) is 1.43. The number of aryl methyl sites for hydroxylation is 1.